The van der Waals surface area contributed by atoms with Crippen LogP contribution in [0, 0.1) is 5.92 Å². The smallest absolute Gasteiger partial charge is 0.0728 e. The molecule has 1 aliphatic carbocycles. The molecule has 0 aliphatic heterocycles. The van der Waals surface area contributed by atoms with Crippen molar-refractivity contribution in [2.75, 3.05) is 6.61 Å². The molecule has 1 saturated carbocycles. The highest BCUT2D eigenvalue weighted by atomic mass is 16.5. The molecule has 0 heterocycles. The van der Waals surface area contributed by atoms with Gasteiger partial charge in [0, 0.05) is 12.6 Å². The van der Waals surface area contributed by atoms with E-state index in [0.717, 1.165) is 18.9 Å². The first-order chi connectivity index (χ1) is 5.79. The zero-order chi connectivity index (χ0) is 8.97. The first-order valence-corrected chi connectivity index (χ1v) is 5.16. The van der Waals surface area contributed by atoms with Crippen molar-refractivity contribution in [1.82, 2.24) is 0 Å². The number of hydrogen-bond acceptors (Lipinski definition) is 2. The van der Waals surface area contributed by atoms with Gasteiger partial charge in [-0.15, -0.1) is 0 Å². The molecule has 1 aliphatic rings. The Bertz CT molecular complexity index is 117. The maximum absolute atomic E-state index is 6.07. The summed E-state index contributed by atoms with van der Waals surface area (Å²) in [7, 11) is 0. The van der Waals surface area contributed by atoms with Gasteiger partial charge < -0.3 is 10.5 Å². The largest absolute Gasteiger partial charge is 0.377 e. The van der Waals surface area contributed by atoms with Gasteiger partial charge in [0.1, 0.15) is 0 Å². The van der Waals surface area contributed by atoms with Crippen molar-refractivity contribution in [3.63, 3.8) is 0 Å². The summed E-state index contributed by atoms with van der Waals surface area (Å²) >= 11 is 0. The van der Waals surface area contributed by atoms with Gasteiger partial charge in [-0.2, -0.15) is 0 Å². The van der Waals surface area contributed by atoms with E-state index >= 15 is 0 Å². The van der Waals surface area contributed by atoms with Crippen LogP contribution in [0.5, 0.6) is 0 Å². The maximum Gasteiger partial charge on any atom is 0.0728 e. The van der Waals surface area contributed by atoms with Crippen molar-refractivity contribution < 1.29 is 4.74 Å². The Morgan fingerprint density at radius 1 is 1.42 bits per heavy atom. The van der Waals surface area contributed by atoms with Crippen LogP contribution in [0.15, 0.2) is 0 Å². The monoisotopic (exact) mass is 171 g/mol. The lowest BCUT2D eigenvalue weighted by molar-refractivity contribution is 0.0327. The maximum atomic E-state index is 6.07. The van der Waals surface area contributed by atoms with E-state index in [1.54, 1.807) is 0 Å². The summed E-state index contributed by atoms with van der Waals surface area (Å²) in [5.41, 5.74) is 6.07. The molecule has 0 saturated heterocycles. The predicted octanol–water partition coefficient (Wildman–Crippen LogP) is 1.93. The molecule has 0 aromatic rings. The molecule has 0 amide bonds. The van der Waals surface area contributed by atoms with Gasteiger partial charge in [0.25, 0.3) is 0 Å². The van der Waals surface area contributed by atoms with E-state index in [9.17, 15) is 0 Å². The molecule has 1 rings (SSSR count). The van der Waals surface area contributed by atoms with Crippen LogP contribution in [-0.4, -0.2) is 18.8 Å². The lowest BCUT2D eigenvalue weighted by Gasteiger charge is -2.23. The second-order valence-electron chi connectivity index (χ2n) is 3.70. The summed E-state index contributed by atoms with van der Waals surface area (Å²) in [6.45, 7) is 5.03. The summed E-state index contributed by atoms with van der Waals surface area (Å²) in [5, 5.41) is 0. The van der Waals surface area contributed by atoms with Crippen LogP contribution in [0.3, 0.4) is 0 Å². The number of rotatable bonds is 6. The lowest BCUT2D eigenvalue weighted by Crippen LogP contribution is -2.38. The van der Waals surface area contributed by atoms with E-state index in [-0.39, 0.29) is 0 Å². The summed E-state index contributed by atoms with van der Waals surface area (Å²) in [4.78, 5) is 0. The van der Waals surface area contributed by atoms with Gasteiger partial charge in [0.2, 0.25) is 0 Å². The molecule has 0 bridgehead atoms. The van der Waals surface area contributed by atoms with Gasteiger partial charge in [-0.3, -0.25) is 0 Å². The van der Waals surface area contributed by atoms with Gasteiger partial charge in [-0.05, 0) is 32.1 Å². The van der Waals surface area contributed by atoms with Gasteiger partial charge in [0.05, 0.1) is 6.10 Å². The van der Waals surface area contributed by atoms with Gasteiger partial charge >= 0.3 is 0 Å². The minimum Gasteiger partial charge on any atom is -0.377 e. The Hall–Kier alpha value is -0.0800. The summed E-state index contributed by atoms with van der Waals surface area (Å²) < 4.78 is 5.62. The van der Waals surface area contributed by atoms with Crippen molar-refractivity contribution in [3.05, 3.63) is 0 Å². The quantitative estimate of drug-likeness (QED) is 0.662. The Morgan fingerprint density at radius 3 is 2.50 bits per heavy atom. The van der Waals surface area contributed by atoms with Gasteiger partial charge in [-0.25, -0.2) is 0 Å². The van der Waals surface area contributed by atoms with Crippen LogP contribution in [0.1, 0.15) is 39.5 Å². The van der Waals surface area contributed by atoms with Crippen LogP contribution >= 0.6 is 0 Å². The van der Waals surface area contributed by atoms with E-state index < -0.39 is 0 Å². The third-order valence-corrected chi connectivity index (χ3v) is 2.55. The molecule has 72 valence electrons. The standard InChI is InChI=1S/C10H21NO/c1-3-5-9(12-4-2)10(11)8-6-7-8/h8-10H,3-7,11H2,1-2H3. The Morgan fingerprint density at radius 2 is 2.08 bits per heavy atom. The highest BCUT2D eigenvalue weighted by Gasteiger charge is 2.33. The molecule has 2 N–H and O–H groups in total. The zero-order valence-corrected chi connectivity index (χ0v) is 8.25. The highest BCUT2D eigenvalue weighted by molar-refractivity contribution is 4.89. The fraction of sp³-hybridized carbons (Fsp3) is 1.00. The first-order valence-electron chi connectivity index (χ1n) is 5.16. The van der Waals surface area contributed by atoms with Crippen molar-refractivity contribution >= 4 is 0 Å². The SMILES string of the molecule is CCCC(OCC)C(N)C1CC1. The fourth-order valence-electron chi connectivity index (χ4n) is 1.67. The molecule has 2 heteroatoms. The van der Waals surface area contributed by atoms with Crippen LogP contribution in [0.4, 0.5) is 0 Å². The third-order valence-electron chi connectivity index (χ3n) is 2.55. The minimum atomic E-state index is 0.296. The number of ether oxygens (including phenoxy) is 1. The fourth-order valence-corrected chi connectivity index (χ4v) is 1.67. The Kier molecular flexibility index (Phi) is 4.02. The molecule has 1 fully saturated rings. The van der Waals surface area contributed by atoms with Crippen molar-refractivity contribution in [2.45, 2.75) is 51.7 Å². The van der Waals surface area contributed by atoms with E-state index in [0.29, 0.717) is 12.1 Å². The number of hydrogen-bond donors (Lipinski definition) is 1. The number of nitrogens with two attached hydrogens (primary N) is 1. The molecule has 0 spiro atoms. The van der Waals surface area contributed by atoms with Crippen LogP contribution in [0.2, 0.25) is 0 Å². The molecule has 2 unspecified atom stereocenters. The molecule has 2 nitrogen and oxygen atoms in total. The van der Waals surface area contributed by atoms with E-state index in [4.69, 9.17) is 10.5 Å². The molecule has 0 aromatic heterocycles. The second kappa shape index (κ2) is 4.83. The van der Waals surface area contributed by atoms with Gasteiger partial charge in [-0.1, -0.05) is 13.3 Å². The molecule has 12 heavy (non-hydrogen) atoms. The Balaban J connectivity index is 2.28. The topological polar surface area (TPSA) is 35.2 Å². The Labute approximate surface area is 75.5 Å². The van der Waals surface area contributed by atoms with Crippen molar-refractivity contribution in [3.8, 4) is 0 Å². The summed E-state index contributed by atoms with van der Waals surface area (Å²) in [6, 6.07) is 0.296. The average Bonchev–Trinajstić information content (AvgIpc) is 2.85. The predicted molar refractivity (Wildman–Crippen MR) is 51.0 cm³/mol. The van der Waals surface area contributed by atoms with E-state index in [2.05, 4.69) is 6.92 Å². The van der Waals surface area contributed by atoms with Crippen LogP contribution in [0.25, 0.3) is 0 Å². The molecular formula is C10H21NO. The van der Waals surface area contributed by atoms with Crippen molar-refractivity contribution in [2.24, 2.45) is 11.7 Å². The molecule has 0 radical (unpaired) electrons. The minimum absolute atomic E-state index is 0.296. The highest BCUT2D eigenvalue weighted by Crippen LogP contribution is 2.34. The molecular weight excluding hydrogens is 150 g/mol. The first kappa shape index (κ1) is 10.0. The summed E-state index contributed by atoms with van der Waals surface area (Å²) in [5.74, 6) is 0.757. The van der Waals surface area contributed by atoms with Gasteiger partial charge in [0.15, 0.2) is 0 Å². The zero-order valence-electron chi connectivity index (χ0n) is 8.25. The normalized spacial score (nSPS) is 22.2. The van der Waals surface area contributed by atoms with E-state index in [1.165, 1.54) is 19.3 Å². The van der Waals surface area contributed by atoms with Crippen molar-refractivity contribution in [1.29, 1.82) is 0 Å². The molecule has 2 atom stereocenters. The lowest BCUT2D eigenvalue weighted by atomic mass is 10.0. The van der Waals surface area contributed by atoms with E-state index in [1.807, 2.05) is 6.92 Å². The molecule has 0 aromatic carbocycles. The second-order valence-corrected chi connectivity index (χ2v) is 3.70. The average molecular weight is 171 g/mol. The summed E-state index contributed by atoms with van der Waals surface area (Å²) in [6.07, 6.45) is 5.23. The van der Waals surface area contributed by atoms with Crippen LogP contribution < -0.4 is 5.73 Å². The van der Waals surface area contributed by atoms with Crippen LogP contribution in [-0.2, 0) is 4.74 Å². The third kappa shape index (κ3) is 2.76.